The number of urea groups is 1. The number of amidine groups is 1. The molecule has 25 heavy (non-hydrogen) atoms. The first-order chi connectivity index (χ1) is 11.9. The molecule has 1 unspecified atom stereocenters. The van der Waals surface area contributed by atoms with E-state index < -0.39 is 23.9 Å². The van der Waals surface area contributed by atoms with Crippen LogP contribution in [-0.2, 0) is 16.1 Å². The zero-order valence-electron chi connectivity index (χ0n) is 13.7. The fourth-order valence-electron chi connectivity index (χ4n) is 2.69. The molecule has 1 atom stereocenters. The van der Waals surface area contributed by atoms with Gasteiger partial charge in [-0.25, -0.2) is 15.2 Å². The Morgan fingerprint density at radius 1 is 1.40 bits per heavy atom. The third-order valence-electron chi connectivity index (χ3n) is 4.01. The Morgan fingerprint density at radius 3 is 2.80 bits per heavy atom. The lowest BCUT2D eigenvalue weighted by Gasteiger charge is -2.31. The van der Waals surface area contributed by atoms with E-state index in [0.29, 0.717) is 12.3 Å². The van der Waals surface area contributed by atoms with Gasteiger partial charge in [-0.2, -0.15) is 0 Å². The maximum atomic E-state index is 12.6. The summed E-state index contributed by atoms with van der Waals surface area (Å²) in [6, 6.07) is 2.14. The van der Waals surface area contributed by atoms with Crippen LogP contribution in [0.15, 0.2) is 27.8 Å². The van der Waals surface area contributed by atoms with Crippen molar-refractivity contribution in [3.8, 4) is 0 Å². The van der Waals surface area contributed by atoms with E-state index in [0.717, 1.165) is 4.90 Å². The van der Waals surface area contributed by atoms with Gasteiger partial charge in [0.05, 0.1) is 6.26 Å². The fourth-order valence-corrected chi connectivity index (χ4v) is 2.69. The number of nitrogens with zero attached hydrogens (tertiary/aromatic N) is 4. The lowest BCUT2D eigenvalue weighted by Crippen LogP contribution is -2.62. The number of nitrogens with two attached hydrogens (primary N) is 1. The number of rotatable bonds is 4. The zero-order chi connectivity index (χ0) is 18.1. The van der Waals surface area contributed by atoms with Crippen LogP contribution in [0, 0.1) is 0 Å². The number of carbonyl (C=O) groups excluding carboxylic acids is 3. The number of likely N-dealkylation sites (N-methyl/N-ethyl adjacent to an activating group) is 2. The molecule has 2 aliphatic rings. The molecule has 4 N–H and O–H groups in total. The molecule has 1 saturated heterocycles. The van der Waals surface area contributed by atoms with E-state index in [2.05, 4.69) is 10.3 Å². The van der Waals surface area contributed by atoms with Crippen molar-refractivity contribution in [3.63, 3.8) is 0 Å². The maximum absolute atomic E-state index is 12.6. The van der Waals surface area contributed by atoms with Gasteiger partial charge in [0.15, 0.2) is 0 Å². The van der Waals surface area contributed by atoms with Gasteiger partial charge in [0.1, 0.15) is 18.8 Å². The third-order valence-corrected chi connectivity index (χ3v) is 4.01. The van der Waals surface area contributed by atoms with Crippen molar-refractivity contribution in [2.75, 3.05) is 20.6 Å². The highest BCUT2D eigenvalue weighted by atomic mass is 16.3. The number of amides is 4. The van der Waals surface area contributed by atoms with Crippen LogP contribution in [0.1, 0.15) is 5.76 Å². The Morgan fingerprint density at radius 2 is 2.16 bits per heavy atom. The van der Waals surface area contributed by atoms with Gasteiger partial charge in [0, 0.05) is 14.1 Å². The molecular formula is C14H18N7O4+. The topological polar surface area (TPSA) is 136 Å². The molecule has 0 aliphatic carbocycles. The molecular weight excluding hydrogens is 330 g/mol. The summed E-state index contributed by atoms with van der Waals surface area (Å²) in [6.45, 7) is 0.102. The number of carbonyl (C=O) groups is 3. The van der Waals surface area contributed by atoms with E-state index in [-0.39, 0.29) is 18.3 Å². The van der Waals surface area contributed by atoms with Gasteiger partial charge in [-0.15, -0.1) is 0 Å². The van der Waals surface area contributed by atoms with E-state index in [9.17, 15) is 14.4 Å². The number of furan rings is 1. The molecule has 3 heterocycles. The number of nitrogens with one attached hydrogen (secondary N) is 2. The fraction of sp³-hybridized carbons (Fsp3) is 0.357. The monoisotopic (exact) mass is 348 g/mol. The summed E-state index contributed by atoms with van der Waals surface area (Å²) >= 11 is 0. The second-order valence-electron chi connectivity index (χ2n) is 5.56. The van der Waals surface area contributed by atoms with Gasteiger partial charge in [-0.05, 0) is 12.1 Å². The Kier molecular flexibility index (Phi) is 4.23. The predicted molar refractivity (Wildman–Crippen MR) is 85.2 cm³/mol. The zero-order valence-corrected chi connectivity index (χ0v) is 13.7. The summed E-state index contributed by atoms with van der Waals surface area (Å²) in [7, 11) is 2.90. The van der Waals surface area contributed by atoms with Crippen molar-refractivity contribution in [1.82, 2.24) is 20.5 Å². The number of imide groups is 1. The average Bonchev–Trinajstić information content (AvgIpc) is 3.24. The number of hydrogen-bond donors (Lipinski definition) is 3. The molecule has 11 heteroatoms. The SMILES string of the molecule is CN1C(=O)C2C(=NC(NCc3ccco3)=[N+]2CC(=O)NN)N(C)C1=O. The Balaban J connectivity index is 1.94. The predicted octanol–water partition coefficient (Wildman–Crippen LogP) is -1.97. The molecule has 1 aromatic rings. The average molecular weight is 348 g/mol. The van der Waals surface area contributed by atoms with Crippen molar-refractivity contribution >= 4 is 29.6 Å². The standard InChI is InChI=1S/C14H17N7O4/c1-19-11-10(12(23)20(2)14(19)24)21(7-9(22)18-15)13(17-11)16-6-8-4-3-5-25-8/h3-5,10H,6-7,15H2,1-2H3,(H,18,22)/p+1. The smallest absolute Gasteiger partial charge is 0.390 e. The van der Waals surface area contributed by atoms with Crippen LogP contribution in [0.3, 0.4) is 0 Å². The highest BCUT2D eigenvalue weighted by Gasteiger charge is 2.51. The molecule has 4 amide bonds. The molecule has 0 saturated carbocycles. The van der Waals surface area contributed by atoms with Gasteiger partial charge >= 0.3 is 12.0 Å². The van der Waals surface area contributed by atoms with Crippen LogP contribution in [0.2, 0.25) is 0 Å². The van der Waals surface area contributed by atoms with Gasteiger partial charge in [0.2, 0.25) is 11.9 Å². The first-order valence-electron chi connectivity index (χ1n) is 7.47. The summed E-state index contributed by atoms with van der Waals surface area (Å²) in [5.41, 5.74) is 2.03. The molecule has 11 nitrogen and oxygen atoms in total. The van der Waals surface area contributed by atoms with Crippen LogP contribution >= 0.6 is 0 Å². The summed E-state index contributed by atoms with van der Waals surface area (Å²) in [5.74, 6) is 5.37. The highest BCUT2D eigenvalue weighted by Crippen LogP contribution is 2.18. The van der Waals surface area contributed by atoms with Crippen LogP contribution in [0.4, 0.5) is 4.79 Å². The second-order valence-corrected chi connectivity index (χ2v) is 5.56. The summed E-state index contributed by atoms with van der Waals surface area (Å²) < 4.78 is 6.70. The summed E-state index contributed by atoms with van der Waals surface area (Å²) in [5, 5.41) is 3.02. The lowest BCUT2D eigenvalue weighted by atomic mass is 10.1. The van der Waals surface area contributed by atoms with E-state index in [4.69, 9.17) is 10.3 Å². The number of guanidine groups is 1. The normalized spacial score (nSPS) is 20.0. The molecule has 2 aliphatic heterocycles. The van der Waals surface area contributed by atoms with Gasteiger partial charge in [-0.1, -0.05) is 4.99 Å². The molecule has 0 spiro atoms. The third kappa shape index (κ3) is 2.85. The second kappa shape index (κ2) is 6.36. The number of hydrogen-bond acceptors (Lipinski definition) is 7. The van der Waals surface area contributed by atoms with E-state index >= 15 is 0 Å². The number of hydrazine groups is 1. The van der Waals surface area contributed by atoms with Crippen LogP contribution < -0.4 is 16.6 Å². The first-order valence-corrected chi connectivity index (χ1v) is 7.47. The van der Waals surface area contributed by atoms with Crippen molar-refractivity contribution < 1.29 is 23.4 Å². The van der Waals surface area contributed by atoms with E-state index in [1.165, 1.54) is 29.8 Å². The molecule has 132 valence electrons. The minimum absolute atomic E-state index is 0.198. The van der Waals surface area contributed by atoms with Crippen molar-refractivity contribution in [3.05, 3.63) is 24.2 Å². The molecule has 1 aromatic heterocycles. The minimum atomic E-state index is -0.885. The maximum Gasteiger partial charge on any atom is 0.390 e. The molecule has 0 radical (unpaired) electrons. The first kappa shape index (κ1) is 16.6. The van der Waals surface area contributed by atoms with Crippen LogP contribution in [-0.4, -0.2) is 70.7 Å². The quantitative estimate of drug-likeness (QED) is 0.250. The molecule has 0 bridgehead atoms. The van der Waals surface area contributed by atoms with Gasteiger partial charge in [-0.3, -0.25) is 30.1 Å². The number of fused-ring (bicyclic) bond motifs is 1. The molecule has 1 fully saturated rings. The highest BCUT2D eigenvalue weighted by molar-refractivity contribution is 6.22. The van der Waals surface area contributed by atoms with E-state index in [1.54, 1.807) is 12.1 Å². The van der Waals surface area contributed by atoms with Crippen LogP contribution in [0.5, 0.6) is 0 Å². The Bertz CT molecular complexity index is 783. The Labute approximate surface area is 142 Å². The molecule has 3 rings (SSSR count). The van der Waals surface area contributed by atoms with Crippen molar-refractivity contribution in [2.24, 2.45) is 10.8 Å². The number of aliphatic imine (C=N–C) groups is 1. The minimum Gasteiger partial charge on any atom is -0.466 e. The van der Waals surface area contributed by atoms with E-state index in [1.807, 2.05) is 5.43 Å². The van der Waals surface area contributed by atoms with Crippen molar-refractivity contribution in [1.29, 1.82) is 0 Å². The van der Waals surface area contributed by atoms with Gasteiger partial charge in [0.25, 0.3) is 11.8 Å². The largest absolute Gasteiger partial charge is 0.466 e. The summed E-state index contributed by atoms with van der Waals surface area (Å²) in [4.78, 5) is 43.0. The van der Waals surface area contributed by atoms with Crippen LogP contribution in [0.25, 0.3) is 0 Å². The Hall–Kier alpha value is -3.21. The van der Waals surface area contributed by atoms with Crippen molar-refractivity contribution in [2.45, 2.75) is 12.6 Å². The lowest BCUT2D eigenvalue weighted by molar-refractivity contribution is -0.526. The molecule has 0 aromatic carbocycles. The summed E-state index contributed by atoms with van der Waals surface area (Å²) in [6.07, 6.45) is 1.53. The van der Waals surface area contributed by atoms with Gasteiger partial charge < -0.3 is 4.42 Å².